The lowest BCUT2D eigenvalue weighted by Gasteiger charge is -1.96. The molecular formula is C13H16N2O. The maximum absolute atomic E-state index is 5.60. The van der Waals surface area contributed by atoms with Crippen molar-refractivity contribution in [2.75, 3.05) is 0 Å². The molecule has 0 bridgehead atoms. The maximum atomic E-state index is 5.60. The number of hydrogen-bond acceptors (Lipinski definition) is 3. The van der Waals surface area contributed by atoms with Gasteiger partial charge in [0.15, 0.2) is 0 Å². The Morgan fingerprint density at radius 1 is 1.25 bits per heavy atom. The van der Waals surface area contributed by atoms with Crippen LogP contribution in [-0.4, -0.2) is 10.2 Å². The monoisotopic (exact) mass is 216 g/mol. The quantitative estimate of drug-likeness (QED) is 0.786. The zero-order valence-corrected chi connectivity index (χ0v) is 9.73. The second kappa shape index (κ2) is 4.92. The smallest absolute Gasteiger partial charge is 0.247 e. The standard InChI is InChI=1S/C13H16N2O/c1-3-4-8-12-14-15-13(16-12)11-7-5-6-10(2)9-11/h5-7,9H,3-4,8H2,1-2H3. The molecule has 16 heavy (non-hydrogen) atoms. The molecule has 84 valence electrons. The van der Waals surface area contributed by atoms with Gasteiger partial charge in [0, 0.05) is 12.0 Å². The second-order valence-corrected chi connectivity index (χ2v) is 3.97. The molecular weight excluding hydrogens is 200 g/mol. The normalized spacial score (nSPS) is 10.6. The molecule has 0 saturated heterocycles. The molecule has 2 aromatic rings. The highest BCUT2D eigenvalue weighted by Gasteiger charge is 2.07. The number of nitrogens with zero attached hydrogens (tertiary/aromatic N) is 2. The van der Waals surface area contributed by atoms with Gasteiger partial charge in [-0.2, -0.15) is 0 Å². The van der Waals surface area contributed by atoms with E-state index in [1.807, 2.05) is 12.1 Å². The molecule has 0 atom stereocenters. The lowest BCUT2D eigenvalue weighted by molar-refractivity contribution is 0.496. The maximum Gasteiger partial charge on any atom is 0.247 e. The van der Waals surface area contributed by atoms with E-state index < -0.39 is 0 Å². The van der Waals surface area contributed by atoms with Crippen LogP contribution in [0.25, 0.3) is 11.5 Å². The summed E-state index contributed by atoms with van der Waals surface area (Å²) in [6.07, 6.45) is 3.10. The molecule has 0 aliphatic carbocycles. The van der Waals surface area contributed by atoms with Crippen LogP contribution >= 0.6 is 0 Å². The molecule has 0 aliphatic heterocycles. The molecule has 0 radical (unpaired) electrons. The first-order valence-corrected chi connectivity index (χ1v) is 5.69. The fourth-order valence-electron chi connectivity index (χ4n) is 1.58. The van der Waals surface area contributed by atoms with E-state index in [1.165, 1.54) is 5.56 Å². The van der Waals surface area contributed by atoms with E-state index in [1.54, 1.807) is 0 Å². The Bertz CT molecular complexity index is 462. The SMILES string of the molecule is CCCCc1nnc(-c2cccc(C)c2)o1. The Morgan fingerprint density at radius 2 is 2.12 bits per heavy atom. The highest BCUT2D eigenvalue weighted by atomic mass is 16.4. The lowest BCUT2D eigenvalue weighted by Crippen LogP contribution is -1.83. The zero-order chi connectivity index (χ0) is 11.4. The summed E-state index contributed by atoms with van der Waals surface area (Å²) in [7, 11) is 0. The highest BCUT2D eigenvalue weighted by molar-refractivity contribution is 5.53. The minimum atomic E-state index is 0.620. The zero-order valence-electron chi connectivity index (χ0n) is 9.73. The van der Waals surface area contributed by atoms with Gasteiger partial charge in [0.05, 0.1) is 0 Å². The van der Waals surface area contributed by atoms with Gasteiger partial charge < -0.3 is 4.42 Å². The third-order valence-electron chi connectivity index (χ3n) is 2.48. The van der Waals surface area contributed by atoms with E-state index >= 15 is 0 Å². The van der Waals surface area contributed by atoms with Crippen molar-refractivity contribution in [2.45, 2.75) is 33.1 Å². The minimum absolute atomic E-state index is 0.620. The number of hydrogen-bond donors (Lipinski definition) is 0. The van der Waals surface area contributed by atoms with E-state index in [2.05, 4.69) is 36.2 Å². The fourth-order valence-corrected chi connectivity index (χ4v) is 1.58. The van der Waals surface area contributed by atoms with Crippen LogP contribution < -0.4 is 0 Å². The summed E-state index contributed by atoms with van der Waals surface area (Å²) in [4.78, 5) is 0. The summed E-state index contributed by atoms with van der Waals surface area (Å²) in [5.74, 6) is 1.35. The van der Waals surface area contributed by atoms with Crippen molar-refractivity contribution in [2.24, 2.45) is 0 Å². The number of aryl methyl sites for hydroxylation is 2. The van der Waals surface area contributed by atoms with E-state index in [4.69, 9.17) is 4.42 Å². The molecule has 3 nitrogen and oxygen atoms in total. The molecule has 0 spiro atoms. The Balaban J connectivity index is 2.18. The molecule has 0 N–H and O–H groups in total. The van der Waals surface area contributed by atoms with Crippen LogP contribution in [0.2, 0.25) is 0 Å². The van der Waals surface area contributed by atoms with Crippen LogP contribution in [0, 0.1) is 6.92 Å². The highest BCUT2D eigenvalue weighted by Crippen LogP contribution is 2.19. The summed E-state index contributed by atoms with van der Waals surface area (Å²) in [5.41, 5.74) is 2.20. The Morgan fingerprint density at radius 3 is 2.88 bits per heavy atom. The van der Waals surface area contributed by atoms with Crippen LogP contribution in [0.15, 0.2) is 28.7 Å². The molecule has 0 fully saturated rings. The van der Waals surface area contributed by atoms with Gasteiger partial charge in [0.1, 0.15) is 0 Å². The van der Waals surface area contributed by atoms with Gasteiger partial charge in [-0.1, -0.05) is 31.0 Å². The van der Waals surface area contributed by atoms with Crippen molar-refractivity contribution in [3.8, 4) is 11.5 Å². The van der Waals surface area contributed by atoms with Crippen molar-refractivity contribution in [1.82, 2.24) is 10.2 Å². The molecule has 0 unspecified atom stereocenters. The van der Waals surface area contributed by atoms with Gasteiger partial charge in [-0.05, 0) is 25.5 Å². The fraction of sp³-hybridized carbons (Fsp3) is 0.385. The molecule has 3 heteroatoms. The van der Waals surface area contributed by atoms with Gasteiger partial charge in [-0.3, -0.25) is 0 Å². The average Bonchev–Trinajstić information content (AvgIpc) is 2.75. The molecule has 2 rings (SSSR count). The van der Waals surface area contributed by atoms with E-state index in [-0.39, 0.29) is 0 Å². The van der Waals surface area contributed by atoms with Crippen molar-refractivity contribution < 1.29 is 4.42 Å². The van der Waals surface area contributed by atoms with E-state index in [9.17, 15) is 0 Å². The van der Waals surface area contributed by atoms with Crippen LogP contribution in [-0.2, 0) is 6.42 Å². The van der Waals surface area contributed by atoms with Crippen molar-refractivity contribution in [3.05, 3.63) is 35.7 Å². The first kappa shape index (κ1) is 10.9. The Hall–Kier alpha value is -1.64. The van der Waals surface area contributed by atoms with Crippen LogP contribution in [0.3, 0.4) is 0 Å². The van der Waals surface area contributed by atoms with Gasteiger partial charge >= 0.3 is 0 Å². The third kappa shape index (κ3) is 2.48. The summed E-state index contributed by atoms with van der Waals surface area (Å²) >= 11 is 0. The van der Waals surface area contributed by atoms with Crippen molar-refractivity contribution in [3.63, 3.8) is 0 Å². The summed E-state index contributed by atoms with van der Waals surface area (Å²) in [6.45, 7) is 4.20. The molecule has 1 aromatic carbocycles. The second-order valence-electron chi connectivity index (χ2n) is 3.97. The number of aromatic nitrogens is 2. The first-order chi connectivity index (χ1) is 7.79. The lowest BCUT2D eigenvalue weighted by atomic mass is 10.1. The van der Waals surface area contributed by atoms with Gasteiger partial charge in [0.25, 0.3) is 0 Å². The summed E-state index contributed by atoms with van der Waals surface area (Å²) < 4.78 is 5.60. The Kier molecular flexibility index (Phi) is 3.34. The van der Waals surface area contributed by atoms with Gasteiger partial charge in [0.2, 0.25) is 11.8 Å². The van der Waals surface area contributed by atoms with Gasteiger partial charge in [-0.15, -0.1) is 10.2 Å². The largest absolute Gasteiger partial charge is 0.421 e. The van der Waals surface area contributed by atoms with Crippen LogP contribution in [0.4, 0.5) is 0 Å². The van der Waals surface area contributed by atoms with Crippen molar-refractivity contribution >= 4 is 0 Å². The predicted octanol–water partition coefficient (Wildman–Crippen LogP) is 3.39. The van der Waals surface area contributed by atoms with E-state index in [0.717, 1.165) is 30.7 Å². The van der Waals surface area contributed by atoms with Gasteiger partial charge in [-0.25, -0.2) is 0 Å². The van der Waals surface area contributed by atoms with Crippen molar-refractivity contribution in [1.29, 1.82) is 0 Å². The third-order valence-corrected chi connectivity index (χ3v) is 2.48. The number of unbranched alkanes of at least 4 members (excludes halogenated alkanes) is 1. The number of benzene rings is 1. The number of rotatable bonds is 4. The Labute approximate surface area is 95.5 Å². The van der Waals surface area contributed by atoms with E-state index in [0.29, 0.717) is 5.89 Å². The molecule has 0 aliphatic rings. The van der Waals surface area contributed by atoms with Crippen LogP contribution in [0.1, 0.15) is 31.2 Å². The molecule has 1 aromatic heterocycles. The predicted molar refractivity (Wildman–Crippen MR) is 63.1 cm³/mol. The molecule has 0 saturated carbocycles. The molecule has 0 amide bonds. The topological polar surface area (TPSA) is 38.9 Å². The van der Waals surface area contributed by atoms with Crippen LogP contribution in [0.5, 0.6) is 0 Å². The average molecular weight is 216 g/mol. The summed E-state index contributed by atoms with van der Waals surface area (Å²) in [6, 6.07) is 8.10. The first-order valence-electron chi connectivity index (χ1n) is 5.69. The summed E-state index contributed by atoms with van der Waals surface area (Å²) in [5, 5.41) is 8.11. The minimum Gasteiger partial charge on any atom is -0.421 e. The molecule has 1 heterocycles.